The molecule has 0 saturated carbocycles. The van der Waals surface area contributed by atoms with Crippen LogP contribution in [0.4, 0.5) is 5.69 Å². The molecule has 0 aromatic heterocycles. The van der Waals surface area contributed by atoms with Crippen molar-refractivity contribution in [3.63, 3.8) is 0 Å². The maximum absolute atomic E-state index is 11.3. The zero-order valence-corrected chi connectivity index (χ0v) is 10.6. The SMILES string of the molecule is CC(N)CNCc1ccc2c(c1)NC(=O)CS2. The van der Waals surface area contributed by atoms with Crippen molar-refractivity contribution in [2.45, 2.75) is 24.4 Å². The van der Waals surface area contributed by atoms with Crippen molar-refractivity contribution >= 4 is 23.4 Å². The van der Waals surface area contributed by atoms with Crippen LogP contribution < -0.4 is 16.4 Å². The Balaban J connectivity index is 2.00. The first-order valence-corrected chi connectivity index (χ1v) is 6.65. The molecule has 1 aromatic carbocycles. The molecule has 0 radical (unpaired) electrons. The van der Waals surface area contributed by atoms with Crippen molar-refractivity contribution in [2.75, 3.05) is 17.6 Å². The third-order valence-corrected chi connectivity index (χ3v) is 3.55. The van der Waals surface area contributed by atoms with Crippen LogP contribution in [0.15, 0.2) is 23.1 Å². The summed E-state index contributed by atoms with van der Waals surface area (Å²) in [6, 6.07) is 6.32. The lowest BCUT2D eigenvalue weighted by atomic mass is 10.2. The summed E-state index contributed by atoms with van der Waals surface area (Å²) in [6.45, 7) is 3.53. The largest absolute Gasteiger partial charge is 0.327 e. The van der Waals surface area contributed by atoms with Gasteiger partial charge in [0, 0.05) is 24.0 Å². The molecule has 1 aliphatic heterocycles. The number of amides is 1. The van der Waals surface area contributed by atoms with Gasteiger partial charge in [-0.15, -0.1) is 11.8 Å². The van der Waals surface area contributed by atoms with Crippen molar-refractivity contribution in [2.24, 2.45) is 5.73 Å². The van der Waals surface area contributed by atoms with Crippen molar-refractivity contribution in [1.82, 2.24) is 5.32 Å². The van der Waals surface area contributed by atoms with Crippen LogP contribution in [0.5, 0.6) is 0 Å². The number of rotatable bonds is 4. The van der Waals surface area contributed by atoms with Gasteiger partial charge in [0.05, 0.1) is 11.4 Å². The van der Waals surface area contributed by atoms with E-state index in [-0.39, 0.29) is 11.9 Å². The molecule has 1 amide bonds. The number of carbonyl (C=O) groups excluding carboxylic acids is 1. The van der Waals surface area contributed by atoms with Crippen LogP contribution in [-0.2, 0) is 11.3 Å². The fourth-order valence-electron chi connectivity index (χ4n) is 1.68. The van der Waals surface area contributed by atoms with Crippen molar-refractivity contribution in [1.29, 1.82) is 0 Å². The monoisotopic (exact) mass is 251 g/mol. The predicted octanol–water partition coefficient (Wildman–Crippen LogP) is 1.17. The zero-order chi connectivity index (χ0) is 12.3. The third-order valence-electron chi connectivity index (χ3n) is 2.47. The van der Waals surface area contributed by atoms with Crippen LogP contribution in [0, 0.1) is 0 Å². The molecule has 0 aliphatic carbocycles. The summed E-state index contributed by atoms with van der Waals surface area (Å²) in [5.41, 5.74) is 7.74. The second-order valence-corrected chi connectivity index (χ2v) is 5.29. The van der Waals surface area contributed by atoms with E-state index in [0.29, 0.717) is 5.75 Å². The Bertz CT molecular complexity index is 420. The Morgan fingerprint density at radius 2 is 2.41 bits per heavy atom. The number of anilines is 1. The molecule has 1 aliphatic rings. The maximum atomic E-state index is 11.3. The fourth-order valence-corrected chi connectivity index (χ4v) is 2.47. The van der Waals surface area contributed by atoms with E-state index in [1.807, 2.05) is 13.0 Å². The highest BCUT2D eigenvalue weighted by Crippen LogP contribution is 2.31. The van der Waals surface area contributed by atoms with Gasteiger partial charge in [-0.05, 0) is 24.6 Å². The van der Waals surface area contributed by atoms with Crippen molar-refractivity contribution in [3.8, 4) is 0 Å². The van der Waals surface area contributed by atoms with Gasteiger partial charge in [0.2, 0.25) is 5.91 Å². The van der Waals surface area contributed by atoms with E-state index >= 15 is 0 Å². The van der Waals surface area contributed by atoms with E-state index < -0.39 is 0 Å². The molecule has 1 aromatic rings. The molecule has 0 fully saturated rings. The Labute approximate surface area is 105 Å². The van der Waals surface area contributed by atoms with Crippen LogP contribution in [0.2, 0.25) is 0 Å². The van der Waals surface area contributed by atoms with Gasteiger partial charge < -0.3 is 16.4 Å². The van der Waals surface area contributed by atoms with Crippen LogP contribution in [0.3, 0.4) is 0 Å². The minimum atomic E-state index is 0.0724. The molecule has 4 N–H and O–H groups in total. The van der Waals surface area contributed by atoms with Crippen molar-refractivity contribution < 1.29 is 4.79 Å². The lowest BCUT2D eigenvalue weighted by molar-refractivity contribution is -0.113. The summed E-state index contributed by atoms with van der Waals surface area (Å²) in [6.07, 6.45) is 0. The number of nitrogens with two attached hydrogens (primary N) is 1. The number of hydrogen-bond acceptors (Lipinski definition) is 4. The summed E-state index contributed by atoms with van der Waals surface area (Å²) < 4.78 is 0. The quantitative estimate of drug-likeness (QED) is 0.751. The van der Waals surface area contributed by atoms with Gasteiger partial charge >= 0.3 is 0 Å². The number of carbonyl (C=O) groups is 1. The minimum Gasteiger partial charge on any atom is -0.327 e. The van der Waals surface area contributed by atoms with E-state index in [2.05, 4.69) is 22.8 Å². The molecule has 92 valence electrons. The summed E-state index contributed by atoms with van der Waals surface area (Å²) in [5.74, 6) is 0.582. The highest BCUT2D eigenvalue weighted by atomic mass is 32.2. The molecular formula is C12H17N3OS. The van der Waals surface area contributed by atoms with Gasteiger partial charge in [0.1, 0.15) is 0 Å². The average Bonchev–Trinajstić information content (AvgIpc) is 2.28. The second-order valence-electron chi connectivity index (χ2n) is 4.28. The van der Waals surface area contributed by atoms with Gasteiger partial charge in [-0.25, -0.2) is 0 Å². The first-order valence-electron chi connectivity index (χ1n) is 5.67. The number of nitrogens with one attached hydrogen (secondary N) is 2. The van der Waals surface area contributed by atoms with Crippen LogP contribution in [0.1, 0.15) is 12.5 Å². The number of benzene rings is 1. The Morgan fingerprint density at radius 1 is 1.59 bits per heavy atom. The van der Waals surface area contributed by atoms with E-state index in [9.17, 15) is 4.79 Å². The summed E-state index contributed by atoms with van der Waals surface area (Å²) in [7, 11) is 0. The lowest BCUT2D eigenvalue weighted by Gasteiger charge is -2.17. The molecule has 1 unspecified atom stereocenters. The lowest BCUT2D eigenvalue weighted by Crippen LogP contribution is -2.30. The molecule has 2 rings (SSSR count). The molecule has 0 saturated heterocycles. The third kappa shape index (κ3) is 3.46. The average molecular weight is 251 g/mol. The smallest absolute Gasteiger partial charge is 0.234 e. The first-order chi connectivity index (χ1) is 8.15. The van der Waals surface area contributed by atoms with Gasteiger partial charge in [-0.2, -0.15) is 0 Å². The number of thioether (sulfide) groups is 1. The van der Waals surface area contributed by atoms with Crippen LogP contribution in [-0.4, -0.2) is 24.2 Å². The minimum absolute atomic E-state index is 0.0724. The molecule has 4 nitrogen and oxygen atoms in total. The second kappa shape index (κ2) is 5.53. The highest BCUT2D eigenvalue weighted by molar-refractivity contribution is 8.00. The molecule has 1 heterocycles. The van der Waals surface area contributed by atoms with E-state index in [1.165, 1.54) is 0 Å². The van der Waals surface area contributed by atoms with Gasteiger partial charge in [-0.1, -0.05) is 6.07 Å². The molecule has 0 spiro atoms. The summed E-state index contributed by atoms with van der Waals surface area (Å²) in [4.78, 5) is 12.4. The molecular weight excluding hydrogens is 234 g/mol. The molecule has 17 heavy (non-hydrogen) atoms. The normalized spacial score (nSPS) is 16.2. The molecule has 5 heteroatoms. The highest BCUT2D eigenvalue weighted by Gasteiger charge is 2.15. The van der Waals surface area contributed by atoms with E-state index in [1.54, 1.807) is 11.8 Å². The number of fused-ring (bicyclic) bond motifs is 1. The fraction of sp³-hybridized carbons (Fsp3) is 0.417. The van der Waals surface area contributed by atoms with Crippen molar-refractivity contribution in [3.05, 3.63) is 23.8 Å². The predicted molar refractivity (Wildman–Crippen MR) is 71.2 cm³/mol. The Hall–Kier alpha value is -1.04. The maximum Gasteiger partial charge on any atom is 0.234 e. The Kier molecular flexibility index (Phi) is 4.04. The summed E-state index contributed by atoms with van der Waals surface area (Å²) in [5, 5.41) is 6.16. The van der Waals surface area contributed by atoms with Gasteiger partial charge in [0.25, 0.3) is 0 Å². The van der Waals surface area contributed by atoms with Crippen LogP contribution in [0.25, 0.3) is 0 Å². The molecule has 0 bridgehead atoms. The van der Waals surface area contributed by atoms with Gasteiger partial charge in [-0.3, -0.25) is 4.79 Å². The van der Waals surface area contributed by atoms with Gasteiger partial charge in [0.15, 0.2) is 0 Å². The standard InChI is InChI=1S/C12H17N3OS/c1-8(13)5-14-6-9-2-3-11-10(4-9)15-12(16)7-17-11/h2-4,8,14H,5-7,13H2,1H3,(H,15,16). The summed E-state index contributed by atoms with van der Waals surface area (Å²) >= 11 is 1.58. The first kappa shape index (κ1) is 12.4. The van der Waals surface area contributed by atoms with E-state index in [0.717, 1.165) is 29.2 Å². The zero-order valence-electron chi connectivity index (χ0n) is 9.82. The topological polar surface area (TPSA) is 67.2 Å². The number of hydrogen-bond donors (Lipinski definition) is 3. The molecule has 1 atom stereocenters. The Morgan fingerprint density at radius 3 is 3.18 bits per heavy atom. The van der Waals surface area contributed by atoms with Crippen LogP contribution >= 0.6 is 11.8 Å². The van der Waals surface area contributed by atoms with E-state index in [4.69, 9.17) is 5.73 Å².